The number of nitrogens with zero attached hydrogens (tertiary/aromatic N) is 1. The van der Waals surface area contributed by atoms with Crippen molar-refractivity contribution in [3.63, 3.8) is 0 Å². The lowest BCUT2D eigenvalue weighted by Crippen LogP contribution is -2.42. The molecular formula is C14H21N3O3. The Kier molecular flexibility index (Phi) is 6.66. The lowest BCUT2D eigenvalue weighted by atomic mass is 10.2. The van der Waals surface area contributed by atoms with Gasteiger partial charge in [0.05, 0.1) is 11.0 Å². The van der Waals surface area contributed by atoms with Crippen molar-refractivity contribution in [2.24, 2.45) is 0 Å². The summed E-state index contributed by atoms with van der Waals surface area (Å²) in [5.41, 5.74) is 0.975. The van der Waals surface area contributed by atoms with Gasteiger partial charge in [-0.3, -0.25) is 14.9 Å². The van der Waals surface area contributed by atoms with Gasteiger partial charge in [0, 0.05) is 25.2 Å². The average molecular weight is 279 g/mol. The van der Waals surface area contributed by atoms with Crippen LogP contribution in [0.15, 0.2) is 24.3 Å². The van der Waals surface area contributed by atoms with Gasteiger partial charge in [0.2, 0.25) is 5.91 Å². The van der Waals surface area contributed by atoms with Crippen molar-refractivity contribution in [3.05, 3.63) is 39.9 Å². The third-order valence-corrected chi connectivity index (χ3v) is 2.98. The van der Waals surface area contributed by atoms with Crippen molar-refractivity contribution in [3.8, 4) is 0 Å². The SMILES string of the molecule is CCCCNC(=O)C(C)NCc1ccc([N+](=O)[O-])cc1. The number of unbranched alkanes of at least 4 members (excludes halogenated alkanes) is 1. The number of hydrogen-bond donors (Lipinski definition) is 2. The Morgan fingerprint density at radius 2 is 2.00 bits per heavy atom. The van der Waals surface area contributed by atoms with Gasteiger partial charge >= 0.3 is 0 Å². The number of nitrogens with one attached hydrogen (secondary N) is 2. The van der Waals surface area contributed by atoms with Crippen LogP contribution < -0.4 is 10.6 Å². The Labute approximate surface area is 118 Å². The first-order valence-corrected chi connectivity index (χ1v) is 6.79. The van der Waals surface area contributed by atoms with E-state index in [1.54, 1.807) is 19.1 Å². The van der Waals surface area contributed by atoms with Gasteiger partial charge in [-0.05, 0) is 18.9 Å². The summed E-state index contributed by atoms with van der Waals surface area (Å²) in [6.45, 7) is 5.06. The molecule has 1 rings (SSSR count). The first kappa shape index (κ1) is 16.1. The smallest absolute Gasteiger partial charge is 0.269 e. The number of carbonyl (C=O) groups excluding carboxylic acids is 1. The Morgan fingerprint density at radius 3 is 2.55 bits per heavy atom. The Balaban J connectivity index is 2.38. The lowest BCUT2D eigenvalue weighted by Gasteiger charge is -2.13. The van der Waals surface area contributed by atoms with Crippen LogP contribution >= 0.6 is 0 Å². The van der Waals surface area contributed by atoms with Gasteiger partial charge in [-0.25, -0.2) is 0 Å². The largest absolute Gasteiger partial charge is 0.355 e. The monoisotopic (exact) mass is 279 g/mol. The highest BCUT2D eigenvalue weighted by molar-refractivity contribution is 5.81. The van der Waals surface area contributed by atoms with Gasteiger partial charge in [0.15, 0.2) is 0 Å². The fourth-order valence-electron chi connectivity index (χ4n) is 1.64. The predicted molar refractivity (Wildman–Crippen MR) is 77.3 cm³/mol. The first-order chi connectivity index (χ1) is 9.54. The summed E-state index contributed by atoms with van der Waals surface area (Å²) in [6, 6.07) is 6.01. The highest BCUT2D eigenvalue weighted by Crippen LogP contribution is 2.11. The van der Waals surface area contributed by atoms with Crippen LogP contribution in [-0.4, -0.2) is 23.4 Å². The molecule has 0 aromatic heterocycles. The van der Waals surface area contributed by atoms with Gasteiger partial charge < -0.3 is 10.6 Å². The molecule has 0 saturated heterocycles. The molecule has 0 saturated carbocycles. The molecule has 0 aliphatic carbocycles. The van der Waals surface area contributed by atoms with E-state index in [1.807, 2.05) is 0 Å². The van der Waals surface area contributed by atoms with E-state index >= 15 is 0 Å². The molecule has 6 heteroatoms. The molecule has 1 unspecified atom stereocenters. The van der Waals surface area contributed by atoms with Gasteiger partial charge in [0.1, 0.15) is 0 Å². The summed E-state index contributed by atoms with van der Waals surface area (Å²) < 4.78 is 0. The summed E-state index contributed by atoms with van der Waals surface area (Å²) in [4.78, 5) is 21.8. The van der Waals surface area contributed by atoms with Crippen LogP contribution in [0.5, 0.6) is 0 Å². The predicted octanol–water partition coefficient (Wildman–Crippen LogP) is 1.99. The second-order valence-electron chi connectivity index (χ2n) is 4.67. The summed E-state index contributed by atoms with van der Waals surface area (Å²) in [5, 5.41) is 16.5. The van der Waals surface area contributed by atoms with Crippen LogP contribution in [-0.2, 0) is 11.3 Å². The topological polar surface area (TPSA) is 84.3 Å². The molecule has 1 aromatic rings. The summed E-state index contributed by atoms with van der Waals surface area (Å²) in [5.74, 6) is -0.0274. The number of carbonyl (C=O) groups is 1. The molecule has 1 amide bonds. The molecule has 1 aromatic carbocycles. The zero-order valence-electron chi connectivity index (χ0n) is 11.9. The number of rotatable bonds is 8. The molecule has 2 N–H and O–H groups in total. The third-order valence-electron chi connectivity index (χ3n) is 2.98. The summed E-state index contributed by atoms with van der Waals surface area (Å²) >= 11 is 0. The third kappa shape index (κ3) is 5.36. The van der Waals surface area contributed by atoms with E-state index in [0.717, 1.165) is 18.4 Å². The summed E-state index contributed by atoms with van der Waals surface area (Å²) in [6.07, 6.45) is 2.02. The minimum Gasteiger partial charge on any atom is -0.355 e. The van der Waals surface area contributed by atoms with Crippen LogP contribution in [0.1, 0.15) is 32.3 Å². The van der Waals surface area contributed by atoms with Gasteiger partial charge in [-0.1, -0.05) is 25.5 Å². The minimum atomic E-state index is -0.430. The molecule has 20 heavy (non-hydrogen) atoms. The molecule has 0 radical (unpaired) electrons. The maximum absolute atomic E-state index is 11.7. The van der Waals surface area contributed by atoms with E-state index < -0.39 is 4.92 Å². The van der Waals surface area contributed by atoms with Crippen molar-refractivity contribution in [2.75, 3.05) is 6.54 Å². The molecule has 1 atom stereocenters. The molecular weight excluding hydrogens is 258 g/mol. The van der Waals surface area contributed by atoms with E-state index in [0.29, 0.717) is 13.1 Å². The van der Waals surface area contributed by atoms with Crippen molar-refractivity contribution in [2.45, 2.75) is 39.3 Å². The number of nitro benzene ring substituents is 1. The Morgan fingerprint density at radius 1 is 1.35 bits per heavy atom. The zero-order valence-corrected chi connectivity index (χ0v) is 11.9. The molecule has 6 nitrogen and oxygen atoms in total. The molecule has 0 heterocycles. The van der Waals surface area contributed by atoms with Crippen LogP contribution in [0.4, 0.5) is 5.69 Å². The average Bonchev–Trinajstić information content (AvgIpc) is 2.45. The fourth-order valence-corrected chi connectivity index (χ4v) is 1.64. The van der Waals surface area contributed by atoms with Crippen molar-refractivity contribution >= 4 is 11.6 Å². The first-order valence-electron chi connectivity index (χ1n) is 6.79. The minimum absolute atomic E-state index is 0.0274. The normalized spacial score (nSPS) is 11.9. The zero-order chi connectivity index (χ0) is 15.0. The van der Waals surface area contributed by atoms with E-state index in [-0.39, 0.29) is 17.6 Å². The second-order valence-corrected chi connectivity index (χ2v) is 4.67. The van der Waals surface area contributed by atoms with Crippen LogP contribution in [0.3, 0.4) is 0 Å². The maximum atomic E-state index is 11.7. The van der Waals surface area contributed by atoms with Crippen LogP contribution in [0.25, 0.3) is 0 Å². The van der Waals surface area contributed by atoms with Crippen LogP contribution in [0.2, 0.25) is 0 Å². The molecule has 110 valence electrons. The maximum Gasteiger partial charge on any atom is 0.269 e. The number of benzene rings is 1. The fraction of sp³-hybridized carbons (Fsp3) is 0.500. The molecule has 0 fully saturated rings. The number of non-ortho nitro benzene ring substituents is 1. The van der Waals surface area contributed by atoms with Crippen molar-refractivity contribution in [1.29, 1.82) is 0 Å². The van der Waals surface area contributed by atoms with Gasteiger partial charge in [-0.2, -0.15) is 0 Å². The number of amides is 1. The molecule has 0 aliphatic rings. The second kappa shape index (κ2) is 8.27. The van der Waals surface area contributed by atoms with Crippen molar-refractivity contribution in [1.82, 2.24) is 10.6 Å². The molecule has 0 bridgehead atoms. The standard InChI is InChI=1S/C14H21N3O3/c1-3-4-9-15-14(18)11(2)16-10-12-5-7-13(8-6-12)17(19)20/h5-8,11,16H,3-4,9-10H2,1-2H3,(H,15,18). The van der Waals surface area contributed by atoms with Gasteiger partial charge in [-0.15, -0.1) is 0 Å². The Bertz CT molecular complexity index is 445. The van der Waals surface area contributed by atoms with E-state index in [9.17, 15) is 14.9 Å². The van der Waals surface area contributed by atoms with Gasteiger partial charge in [0.25, 0.3) is 5.69 Å². The Hall–Kier alpha value is -1.95. The van der Waals surface area contributed by atoms with Crippen LogP contribution in [0, 0.1) is 10.1 Å². The summed E-state index contributed by atoms with van der Waals surface area (Å²) in [7, 11) is 0. The van der Waals surface area contributed by atoms with Crippen molar-refractivity contribution < 1.29 is 9.72 Å². The number of hydrogen-bond acceptors (Lipinski definition) is 4. The molecule has 0 aliphatic heterocycles. The highest BCUT2D eigenvalue weighted by atomic mass is 16.6. The highest BCUT2D eigenvalue weighted by Gasteiger charge is 2.11. The lowest BCUT2D eigenvalue weighted by molar-refractivity contribution is -0.384. The molecule has 0 spiro atoms. The van der Waals surface area contributed by atoms with E-state index in [4.69, 9.17) is 0 Å². The number of nitro groups is 1. The van der Waals surface area contributed by atoms with E-state index in [2.05, 4.69) is 17.6 Å². The quantitative estimate of drug-likeness (QED) is 0.433. The van der Waals surface area contributed by atoms with E-state index in [1.165, 1.54) is 12.1 Å².